The van der Waals surface area contributed by atoms with E-state index in [4.69, 9.17) is 9.47 Å². The van der Waals surface area contributed by atoms with Crippen LogP contribution in [-0.4, -0.2) is 33.4 Å². The van der Waals surface area contributed by atoms with Gasteiger partial charge in [0, 0.05) is 25.9 Å². The first kappa shape index (κ1) is 15.6. The number of imidazole rings is 1. The van der Waals surface area contributed by atoms with E-state index >= 15 is 0 Å². The molecule has 0 atom stereocenters. The van der Waals surface area contributed by atoms with Crippen LogP contribution in [0.15, 0.2) is 24.3 Å². The van der Waals surface area contributed by atoms with Gasteiger partial charge < -0.3 is 14.8 Å². The van der Waals surface area contributed by atoms with Gasteiger partial charge in [-0.05, 0) is 32.9 Å². The number of fused-ring (bicyclic) bond motifs is 1. The van der Waals surface area contributed by atoms with Crippen LogP contribution in [0.4, 0.5) is 4.79 Å². The SMILES string of the molecule is Cn1c(O[C@H]2C[C@H](NC(=O)OC(C)(C)C)C2)nc2ccccc21. The Morgan fingerprint density at radius 3 is 2.65 bits per heavy atom. The Labute approximate surface area is 135 Å². The average molecular weight is 317 g/mol. The molecule has 6 heteroatoms. The van der Waals surface area contributed by atoms with E-state index in [2.05, 4.69) is 10.3 Å². The number of amides is 1. The second-order valence-electron chi connectivity index (χ2n) is 7.00. The van der Waals surface area contributed by atoms with Crippen LogP contribution in [0, 0.1) is 0 Å². The monoisotopic (exact) mass is 317 g/mol. The molecule has 0 saturated heterocycles. The second-order valence-corrected chi connectivity index (χ2v) is 7.00. The molecule has 1 aliphatic carbocycles. The van der Waals surface area contributed by atoms with E-state index in [0.29, 0.717) is 6.01 Å². The van der Waals surface area contributed by atoms with Gasteiger partial charge >= 0.3 is 6.09 Å². The van der Waals surface area contributed by atoms with Gasteiger partial charge in [-0.2, -0.15) is 4.98 Å². The largest absolute Gasteiger partial charge is 0.461 e. The topological polar surface area (TPSA) is 65.4 Å². The molecular weight excluding hydrogens is 294 g/mol. The molecule has 1 N–H and O–H groups in total. The standard InChI is InChI=1S/C17H23N3O3/c1-17(2,3)23-16(21)18-11-9-12(10-11)22-15-19-13-7-5-6-8-14(13)20(15)4/h5-8,11-12H,9-10H2,1-4H3,(H,18,21)/t11-,12-. The Balaban J connectivity index is 1.52. The summed E-state index contributed by atoms with van der Waals surface area (Å²) in [7, 11) is 1.94. The molecule has 0 bridgehead atoms. The molecule has 0 spiro atoms. The summed E-state index contributed by atoms with van der Waals surface area (Å²) in [4.78, 5) is 16.2. The maximum Gasteiger partial charge on any atom is 0.407 e. The molecule has 124 valence electrons. The Morgan fingerprint density at radius 1 is 1.30 bits per heavy atom. The van der Waals surface area contributed by atoms with E-state index in [1.54, 1.807) is 0 Å². The lowest BCUT2D eigenvalue weighted by Gasteiger charge is -2.35. The highest BCUT2D eigenvalue weighted by atomic mass is 16.6. The molecule has 0 unspecified atom stereocenters. The fraction of sp³-hybridized carbons (Fsp3) is 0.529. The summed E-state index contributed by atoms with van der Waals surface area (Å²) < 4.78 is 13.1. The maximum absolute atomic E-state index is 11.7. The van der Waals surface area contributed by atoms with Crippen molar-refractivity contribution < 1.29 is 14.3 Å². The van der Waals surface area contributed by atoms with Gasteiger partial charge in [-0.25, -0.2) is 4.79 Å². The first-order chi connectivity index (χ1) is 10.8. The highest BCUT2D eigenvalue weighted by Crippen LogP contribution is 2.27. The summed E-state index contributed by atoms with van der Waals surface area (Å²) in [6, 6.07) is 8.65. The summed E-state index contributed by atoms with van der Waals surface area (Å²) in [5.74, 6) is 0. The van der Waals surface area contributed by atoms with Crippen LogP contribution >= 0.6 is 0 Å². The highest BCUT2D eigenvalue weighted by Gasteiger charge is 2.34. The summed E-state index contributed by atoms with van der Waals surface area (Å²) in [6.07, 6.45) is 1.24. The van der Waals surface area contributed by atoms with E-state index in [-0.39, 0.29) is 18.2 Å². The summed E-state index contributed by atoms with van der Waals surface area (Å²) >= 11 is 0. The zero-order valence-electron chi connectivity index (χ0n) is 14.0. The Kier molecular flexibility index (Phi) is 3.92. The molecule has 1 aromatic heterocycles. The van der Waals surface area contributed by atoms with Gasteiger partial charge in [0.2, 0.25) is 0 Å². The van der Waals surface area contributed by atoms with E-state index in [0.717, 1.165) is 23.9 Å². The van der Waals surface area contributed by atoms with Crippen molar-refractivity contribution in [1.29, 1.82) is 0 Å². The van der Waals surface area contributed by atoms with Crippen molar-refractivity contribution in [2.24, 2.45) is 7.05 Å². The van der Waals surface area contributed by atoms with Crippen LogP contribution in [0.25, 0.3) is 11.0 Å². The molecular formula is C17H23N3O3. The van der Waals surface area contributed by atoms with Crippen molar-refractivity contribution >= 4 is 17.1 Å². The van der Waals surface area contributed by atoms with E-state index in [9.17, 15) is 4.79 Å². The Bertz CT molecular complexity index is 711. The molecule has 3 rings (SSSR count). The minimum atomic E-state index is -0.475. The predicted octanol–water partition coefficient (Wildman–Crippen LogP) is 3.01. The van der Waals surface area contributed by atoms with Crippen LogP contribution in [-0.2, 0) is 11.8 Å². The number of benzene rings is 1. The Hall–Kier alpha value is -2.24. The maximum atomic E-state index is 11.7. The lowest BCUT2D eigenvalue weighted by molar-refractivity contribution is 0.0340. The third-order valence-corrected chi connectivity index (χ3v) is 3.83. The third kappa shape index (κ3) is 3.57. The molecule has 1 amide bonds. The fourth-order valence-corrected chi connectivity index (χ4v) is 2.63. The normalized spacial score (nSPS) is 20.9. The number of aromatic nitrogens is 2. The van der Waals surface area contributed by atoms with Gasteiger partial charge in [0.05, 0.1) is 11.0 Å². The predicted molar refractivity (Wildman–Crippen MR) is 87.5 cm³/mol. The van der Waals surface area contributed by atoms with Crippen molar-refractivity contribution in [2.75, 3.05) is 0 Å². The molecule has 1 heterocycles. The molecule has 1 aliphatic rings. The van der Waals surface area contributed by atoms with Crippen LogP contribution in [0.1, 0.15) is 33.6 Å². The van der Waals surface area contributed by atoms with Crippen LogP contribution in [0.2, 0.25) is 0 Å². The fourth-order valence-electron chi connectivity index (χ4n) is 2.63. The number of ether oxygens (including phenoxy) is 2. The van der Waals surface area contributed by atoms with Crippen molar-refractivity contribution in [3.8, 4) is 6.01 Å². The molecule has 6 nitrogen and oxygen atoms in total. The van der Waals surface area contributed by atoms with Crippen molar-refractivity contribution in [3.05, 3.63) is 24.3 Å². The van der Waals surface area contributed by atoms with Gasteiger partial charge in [-0.3, -0.25) is 4.57 Å². The number of para-hydroxylation sites is 2. The lowest BCUT2D eigenvalue weighted by Crippen LogP contribution is -2.50. The molecule has 0 radical (unpaired) electrons. The number of nitrogens with one attached hydrogen (secondary N) is 1. The first-order valence-corrected chi connectivity index (χ1v) is 7.89. The number of rotatable bonds is 3. The number of carbonyl (C=O) groups excluding carboxylic acids is 1. The first-order valence-electron chi connectivity index (χ1n) is 7.89. The molecule has 2 aromatic rings. The molecule has 0 aliphatic heterocycles. The smallest absolute Gasteiger partial charge is 0.407 e. The minimum absolute atomic E-state index is 0.0745. The van der Waals surface area contributed by atoms with E-state index < -0.39 is 5.60 Å². The molecule has 1 fully saturated rings. The summed E-state index contributed by atoms with van der Waals surface area (Å²) in [5, 5.41) is 2.86. The van der Waals surface area contributed by atoms with Gasteiger partial charge in [0.1, 0.15) is 11.7 Å². The number of carbonyl (C=O) groups is 1. The van der Waals surface area contributed by atoms with Crippen molar-refractivity contribution in [3.63, 3.8) is 0 Å². The van der Waals surface area contributed by atoms with Gasteiger partial charge in [-0.1, -0.05) is 12.1 Å². The summed E-state index contributed by atoms with van der Waals surface area (Å²) in [5.41, 5.74) is 1.49. The van der Waals surface area contributed by atoms with Crippen LogP contribution in [0.3, 0.4) is 0 Å². The van der Waals surface area contributed by atoms with E-state index in [1.807, 2.05) is 56.7 Å². The second kappa shape index (κ2) is 5.76. The van der Waals surface area contributed by atoms with Crippen LogP contribution < -0.4 is 10.1 Å². The molecule has 23 heavy (non-hydrogen) atoms. The minimum Gasteiger partial charge on any atom is -0.461 e. The molecule has 1 saturated carbocycles. The van der Waals surface area contributed by atoms with Gasteiger partial charge in [0.25, 0.3) is 6.01 Å². The molecule has 1 aromatic carbocycles. The number of hydrogen-bond acceptors (Lipinski definition) is 4. The van der Waals surface area contributed by atoms with E-state index in [1.165, 1.54) is 0 Å². The zero-order valence-corrected chi connectivity index (χ0v) is 14.0. The van der Waals surface area contributed by atoms with Crippen molar-refractivity contribution in [2.45, 2.75) is 51.4 Å². The number of aryl methyl sites for hydroxylation is 1. The van der Waals surface area contributed by atoms with Crippen LogP contribution in [0.5, 0.6) is 6.01 Å². The number of hydrogen-bond donors (Lipinski definition) is 1. The lowest BCUT2D eigenvalue weighted by atomic mass is 9.89. The van der Waals surface area contributed by atoms with Crippen molar-refractivity contribution in [1.82, 2.24) is 14.9 Å². The number of alkyl carbamates (subject to hydrolysis) is 1. The Morgan fingerprint density at radius 2 is 2.00 bits per heavy atom. The highest BCUT2D eigenvalue weighted by molar-refractivity contribution is 5.76. The third-order valence-electron chi connectivity index (χ3n) is 3.83. The quantitative estimate of drug-likeness (QED) is 0.945. The number of nitrogens with zero attached hydrogens (tertiary/aromatic N) is 2. The van der Waals surface area contributed by atoms with Gasteiger partial charge in [-0.15, -0.1) is 0 Å². The summed E-state index contributed by atoms with van der Waals surface area (Å²) in [6.45, 7) is 5.56. The zero-order chi connectivity index (χ0) is 16.6. The van der Waals surface area contributed by atoms with Gasteiger partial charge in [0.15, 0.2) is 0 Å². The average Bonchev–Trinajstić information content (AvgIpc) is 2.71.